The molecule has 0 radical (unpaired) electrons. The quantitative estimate of drug-likeness (QED) is 0.489. The first-order valence-electron chi connectivity index (χ1n) is 6.05. The van der Waals surface area contributed by atoms with Gasteiger partial charge in [-0.25, -0.2) is 0 Å². The molecular formula is C14H16Br2S2. The van der Waals surface area contributed by atoms with E-state index < -0.39 is 0 Å². The third-order valence-corrected chi connectivity index (χ3v) is 6.01. The smallest absolute Gasteiger partial charge is 0.0474 e. The summed E-state index contributed by atoms with van der Waals surface area (Å²) in [5, 5.41) is 4.36. The van der Waals surface area contributed by atoms with Gasteiger partial charge < -0.3 is 0 Å². The lowest BCUT2D eigenvalue weighted by molar-refractivity contribution is 0.708. The molecule has 2 aromatic rings. The number of halogens is 2. The number of rotatable bonds is 6. The molecule has 18 heavy (non-hydrogen) atoms. The summed E-state index contributed by atoms with van der Waals surface area (Å²) in [6.45, 7) is 2.20. The van der Waals surface area contributed by atoms with E-state index in [0.29, 0.717) is 9.65 Å². The summed E-state index contributed by atoms with van der Waals surface area (Å²) in [5.41, 5.74) is 1.49. The van der Waals surface area contributed by atoms with E-state index in [-0.39, 0.29) is 0 Å². The van der Waals surface area contributed by atoms with Crippen LogP contribution >= 0.6 is 54.5 Å². The zero-order chi connectivity index (χ0) is 13.0. The van der Waals surface area contributed by atoms with E-state index in [1.165, 1.54) is 28.2 Å². The maximum atomic E-state index is 3.77. The van der Waals surface area contributed by atoms with Crippen LogP contribution in [0.15, 0.2) is 29.0 Å². The van der Waals surface area contributed by atoms with Crippen LogP contribution in [0.1, 0.15) is 25.3 Å². The van der Waals surface area contributed by atoms with Gasteiger partial charge in [-0.2, -0.15) is 0 Å². The summed E-state index contributed by atoms with van der Waals surface area (Å²) in [4.78, 5) is 4.04. The number of alkyl halides is 2. The first-order valence-corrected chi connectivity index (χ1v) is 9.64. The molecule has 2 unspecified atom stereocenters. The van der Waals surface area contributed by atoms with Crippen LogP contribution in [0, 0.1) is 0 Å². The highest BCUT2D eigenvalue weighted by molar-refractivity contribution is 9.10. The fourth-order valence-corrected chi connectivity index (χ4v) is 5.54. The zero-order valence-corrected chi connectivity index (χ0v) is 15.0. The van der Waals surface area contributed by atoms with Gasteiger partial charge in [-0.05, 0) is 47.7 Å². The summed E-state index contributed by atoms with van der Waals surface area (Å²) in [7, 11) is 0. The fraction of sp³-hybridized carbons (Fsp3) is 0.429. The number of hydrogen-bond donors (Lipinski definition) is 0. The van der Waals surface area contributed by atoms with E-state index in [1.54, 1.807) is 0 Å². The number of thiophene rings is 2. The van der Waals surface area contributed by atoms with Gasteiger partial charge in [-0.15, -0.1) is 22.7 Å². The highest BCUT2D eigenvalue weighted by atomic mass is 79.9. The molecule has 0 spiro atoms. The Bertz CT molecular complexity index is 460. The SMILES string of the molecule is CC(Br)CC(Br)CCc1ccsc1-c1cccs1. The first kappa shape index (κ1) is 14.8. The second kappa shape index (κ2) is 7.22. The van der Waals surface area contributed by atoms with Crippen LogP contribution < -0.4 is 0 Å². The van der Waals surface area contributed by atoms with Crippen molar-refractivity contribution >= 4 is 54.5 Å². The van der Waals surface area contributed by atoms with E-state index in [1.807, 2.05) is 22.7 Å². The van der Waals surface area contributed by atoms with Crippen molar-refractivity contribution in [3.8, 4) is 9.75 Å². The molecule has 0 nitrogen and oxygen atoms in total. The predicted octanol–water partition coefficient (Wildman–Crippen LogP) is 6.35. The van der Waals surface area contributed by atoms with Crippen LogP contribution in [0.5, 0.6) is 0 Å². The third-order valence-electron chi connectivity index (χ3n) is 2.80. The Kier molecular flexibility index (Phi) is 5.93. The average molecular weight is 408 g/mol. The van der Waals surface area contributed by atoms with Gasteiger partial charge in [-0.3, -0.25) is 0 Å². The lowest BCUT2D eigenvalue weighted by Crippen LogP contribution is -2.05. The van der Waals surface area contributed by atoms with E-state index in [4.69, 9.17) is 0 Å². The van der Waals surface area contributed by atoms with E-state index in [9.17, 15) is 0 Å². The minimum Gasteiger partial charge on any atom is -0.143 e. The van der Waals surface area contributed by atoms with Gasteiger partial charge in [0.05, 0.1) is 0 Å². The maximum absolute atomic E-state index is 3.77. The van der Waals surface area contributed by atoms with Gasteiger partial charge >= 0.3 is 0 Å². The molecule has 2 rings (SSSR count). The second-order valence-electron chi connectivity index (χ2n) is 4.40. The van der Waals surface area contributed by atoms with Gasteiger partial charge in [0.25, 0.3) is 0 Å². The van der Waals surface area contributed by atoms with Crippen LogP contribution in [0.4, 0.5) is 0 Å². The molecule has 2 aromatic heterocycles. The standard InChI is InChI=1S/C14H16Br2S2/c1-10(15)9-12(16)5-4-11-6-8-18-14(11)13-3-2-7-17-13/h2-3,6-8,10,12H,4-5,9H2,1H3. The summed E-state index contributed by atoms with van der Waals surface area (Å²) >= 11 is 11.1. The Morgan fingerprint density at radius 2 is 2.00 bits per heavy atom. The first-order chi connectivity index (χ1) is 8.66. The van der Waals surface area contributed by atoms with Crippen molar-refractivity contribution in [2.45, 2.75) is 35.8 Å². The normalized spacial score (nSPS) is 14.6. The van der Waals surface area contributed by atoms with Crippen LogP contribution in [-0.4, -0.2) is 9.65 Å². The van der Waals surface area contributed by atoms with Crippen LogP contribution in [-0.2, 0) is 6.42 Å². The molecule has 2 heterocycles. The van der Waals surface area contributed by atoms with Crippen molar-refractivity contribution in [3.05, 3.63) is 34.5 Å². The molecule has 0 bridgehead atoms. The Morgan fingerprint density at radius 1 is 1.17 bits per heavy atom. The topological polar surface area (TPSA) is 0 Å². The predicted molar refractivity (Wildman–Crippen MR) is 91.7 cm³/mol. The van der Waals surface area contributed by atoms with Crippen molar-refractivity contribution in [1.29, 1.82) is 0 Å². The largest absolute Gasteiger partial charge is 0.143 e. The fourth-order valence-electron chi connectivity index (χ4n) is 1.94. The van der Waals surface area contributed by atoms with Gasteiger partial charge in [0.1, 0.15) is 0 Å². The van der Waals surface area contributed by atoms with Gasteiger partial charge in [0.2, 0.25) is 0 Å². The highest BCUT2D eigenvalue weighted by Gasteiger charge is 2.12. The van der Waals surface area contributed by atoms with Crippen LogP contribution in [0.3, 0.4) is 0 Å². The van der Waals surface area contributed by atoms with Crippen molar-refractivity contribution in [2.75, 3.05) is 0 Å². The Hall–Kier alpha value is 0.360. The molecule has 0 saturated carbocycles. The number of aryl methyl sites for hydroxylation is 1. The molecule has 0 aromatic carbocycles. The zero-order valence-electron chi connectivity index (χ0n) is 10.2. The summed E-state index contributed by atoms with van der Waals surface area (Å²) in [6, 6.07) is 6.62. The molecule has 2 atom stereocenters. The van der Waals surface area contributed by atoms with E-state index in [2.05, 4.69) is 67.7 Å². The molecule has 0 aliphatic heterocycles. The maximum Gasteiger partial charge on any atom is 0.0474 e. The Morgan fingerprint density at radius 3 is 2.67 bits per heavy atom. The van der Waals surface area contributed by atoms with Crippen LogP contribution in [0.2, 0.25) is 0 Å². The molecule has 0 saturated heterocycles. The van der Waals surface area contributed by atoms with Crippen LogP contribution in [0.25, 0.3) is 9.75 Å². The van der Waals surface area contributed by atoms with Crippen molar-refractivity contribution < 1.29 is 0 Å². The molecule has 0 fully saturated rings. The van der Waals surface area contributed by atoms with E-state index in [0.717, 1.165) is 6.42 Å². The minimum atomic E-state index is 0.584. The summed E-state index contributed by atoms with van der Waals surface area (Å²) in [6.07, 6.45) is 3.54. The Balaban J connectivity index is 1.96. The Labute approximate surface area is 134 Å². The monoisotopic (exact) mass is 406 g/mol. The minimum absolute atomic E-state index is 0.584. The molecule has 98 valence electrons. The average Bonchev–Trinajstić information content (AvgIpc) is 2.96. The van der Waals surface area contributed by atoms with Gasteiger partial charge in [0.15, 0.2) is 0 Å². The van der Waals surface area contributed by atoms with Crippen molar-refractivity contribution in [2.24, 2.45) is 0 Å². The molecule has 0 N–H and O–H groups in total. The van der Waals surface area contributed by atoms with Gasteiger partial charge in [0, 0.05) is 19.4 Å². The second-order valence-corrected chi connectivity index (χ2v) is 9.13. The molecule has 4 heteroatoms. The summed E-state index contributed by atoms with van der Waals surface area (Å²) in [5.74, 6) is 0. The molecule has 0 aliphatic carbocycles. The molecular weight excluding hydrogens is 392 g/mol. The van der Waals surface area contributed by atoms with Crippen molar-refractivity contribution in [1.82, 2.24) is 0 Å². The lowest BCUT2D eigenvalue weighted by Gasteiger charge is -2.11. The highest BCUT2D eigenvalue weighted by Crippen LogP contribution is 2.34. The summed E-state index contributed by atoms with van der Waals surface area (Å²) < 4.78 is 0. The lowest BCUT2D eigenvalue weighted by atomic mass is 10.1. The van der Waals surface area contributed by atoms with Gasteiger partial charge in [-0.1, -0.05) is 44.8 Å². The molecule has 0 amide bonds. The van der Waals surface area contributed by atoms with Crippen molar-refractivity contribution in [3.63, 3.8) is 0 Å². The molecule has 0 aliphatic rings. The third kappa shape index (κ3) is 4.19. The number of hydrogen-bond acceptors (Lipinski definition) is 2. The van der Waals surface area contributed by atoms with E-state index >= 15 is 0 Å².